The molecule has 0 unspecified atom stereocenters. The Kier molecular flexibility index (Phi) is 5.05. The standard InChI is InChI=1S/C14H20ClN3/c1-14(2,3)13(17)8-12(9-16)18-11-6-4-5-10(15)7-11/h4-7,17H,8-9,16H2,1-3H3. The lowest BCUT2D eigenvalue weighted by Gasteiger charge is -2.20. The number of halogens is 1. The van der Waals surface area contributed by atoms with E-state index in [4.69, 9.17) is 22.7 Å². The zero-order valence-corrected chi connectivity index (χ0v) is 11.9. The Bertz CT molecular complexity index is 458. The van der Waals surface area contributed by atoms with Crippen molar-refractivity contribution in [3.8, 4) is 0 Å². The predicted molar refractivity (Wildman–Crippen MR) is 79.4 cm³/mol. The molecule has 0 spiro atoms. The van der Waals surface area contributed by atoms with Gasteiger partial charge in [0.25, 0.3) is 0 Å². The van der Waals surface area contributed by atoms with E-state index in [1.165, 1.54) is 0 Å². The molecular formula is C14H20ClN3. The number of benzene rings is 1. The molecule has 0 bridgehead atoms. The smallest absolute Gasteiger partial charge is 0.0644 e. The molecule has 4 heteroatoms. The van der Waals surface area contributed by atoms with E-state index in [-0.39, 0.29) is 5.41 Å². The third kappa shape index (κ3) is 4.59. The van der Waals surface area contributed by atoms with Crippen LogP contribution in [-0.2, 0) is 0 Å². The van der Waals surface area contributed by atoms with Crippen LogP contribution in [0.4, 0.5) is 5.69 Å². The summed E-state index contributed by atoms with van der Waals surface area (Å²) in [7, 11) is 0. The molecule has 1 rings (SSSR count). The van der Waals surface area contributed by atoms with Crippen LogP contribution in [0.3, 0.4) is 0 Å². The second-order valence-electron chi connectivity index (χ2n) is 5.27. The van der Waals surface area contributed by atoms with Gasteiger partial charge in [-0.2, -0.15) is 0 Å². The number of nitrogens with two attached hydrogens (primary N) is 1. The summed E-state index contributed by atoms with van der Waals surface area (Å²) in [6, 6.07) is 7.32. The largest absolute Gasteiger partial charge is 0.325 e. The number of nitrogens with one attached hydrogen (secondary N) is 1. The Morgan fingerprint density at radius 1 is 1.39 bits per heavy atom. The first-order valence-electron chi connectivity index (χ1n) is 5.93. The van der Waals surface area contributed by atoms with Crippen molar-refractivity contribution in [1.29, 1.82) is 5.41 Å². The van der Waals surface area contributed by atoms with Crippen molar-refractivity contribution in [2.75, 3.05) is 6.54 Å². The zero-order chi connectivity index (χ0) is 13.8. The van der Waals surface area contributed by atoms with Crippen LogP contribution in [0.25, 0.3) is 0 Å². The van der Waals surface area contributed by atoms with Crippen LogP contribution in [0.5, 0.6) is 0 Å². The van der Waals surface area contributed by atoms with Crippen LogP contribution in [0.2, 0.25) is 5.02 Å². The molecular weight excluding hydrogens is 246 g/mol. The molecule has 0 saturated carbocycles. The lowest BCUT2D eigenvalue weighted by atomic mass is 9.87. The lowest BCUT2D eigenvalue weighted by Crippen LogP contribution is -2.25. The summed E-state index contributed by atoms with van der Waals surface area (Å²) < 4.78 is 0. The molecule has 1 aromatic carbocycles. The molecule has 18 heavy (non-hydrogen) atoms. The quantitative estimate of drug-likeness (QED) is 0.799. The minimum atomic E-state index is -0.149. The molecule has 0 radical (unpaired) electrons. The van der Waals surface area contributed by atoms with E-state index in [0.29, 0.717) is 23.7 Å². The Hall–Kier alpha value is -1.19. The molecule has 0 aliphatic rings. The van der Waals surface area contributed by atoms with Gasteiger partial charge < -0.3 is 11.1 Å². The average molecular weight is 266 g/mol. The van der Waals surface area contributed by atoms with Crippen molar-refractivity contribution in [1.82, 2.24) is 0 Å². The van der Waals surface area contributed by atoms with Gasteiger partial charge in [-0.1, -0.05) is 38.4 Å². The Balaban J connectivity index is 2.87. The highest BCUT2D eigenvalue weighted by molar-refractivity contribution is 6.30. The highest BCUT2D eigenvalue weighted by atomic mass is 35.5. The number of hydrogen-bond donors (Lipinski definition) is 2. The van der Waals surface area contributed by atoms with Crippen molar-refractivity contribution in [3.05, 3.63) is 29.3 Å². The average Bonchev–Trinajstić information content (AvgIpc) is 2.26. The minimum absolute atomic E-state index is 0.149. The van der Waals surface area contributed by atoms with Crippen molar-refractivity contribution in [2.24, 2.45) is 16.1 Å². The van der Waals surface area contributed by atoms with Gasteiger partial charge in [-0.05, 0) is 23.6 Å². The lowest BCUT2D eigenvalue weighted by molar-refractivity contribution is 0.580. The summed E-state index contributed by atoms with van der Waals surface area (Å²) in [5, 5.41) is 8.67. The summed E-state index contributed by atoms with van der Waals surface area (Å²) in [6.45, 7) is 6.40. The second kappa shape index (κ2) is 6.12. The van der Waals surface area contributed by atoms with Gasteiger partial charge in [0.2, 0.25) is 0 Å². The topological polar surface area (TPSA) is 62.2 Å². The molecule has 98 valence electrons. The van der Waals surface area contributed by atoms with Gasteiger partial charge >= 0.3 is 0 Å². The van der Waals surface area contributed by atoms with Crippen LogP contribution >= 0.6 is 11.6 Å². The summed E-state index contributed by atoms with van der Waals surface area (Å²) >= 11 is 5.91. The molecule has 3 nitrogen and oxygen atoms in total. The van der Waals surface area contributed by atoms with E-state index in [1.807, 2.05) is 32.9 Å². The molecule has 0 aliphatic carbocycles. The van der Waals surface area contributed by atoms with Gasteiger partial charge in [0.05, 0.1) is 5.69 Å². The van der Waals surface area contributed by atoms with E-state index in [9.17, 15) is 0 Å². The zero-order valence-electron chi connectivity index (χ0n) is 11.1. The maximum absolute atomic E-state index is 8.02. The Labute approximate surface area is 114 Å². The summed E-state index contributed by atoms with van der Waals surface area (Å²) in [4.78, 5) is 4.46. The molecule has 0 aromatic heterocycles. The second-order valence-corrected chi connectivity index (χ2v) is 5.70. The Morgan fingerprint density at radius 3 is 2.56 bits per heavy atom. The monoisotopic (exact) mass is 265 g/mol. The van der Waals surface area contributed by atoms with Crippen LogP contribution in [0.15, 0.2) is 29.3 Å². The first-order chi connectivity index (χ1) is 8.32. The molecule has 0 amide bonds. The van der Waals surface area contributed by atoms with E-state index in [1.54, 1.807) is 12.1 Å². The molecule has 0 heterocycles. The van der Waals surface area contributed by atoms with Crippen LogP contribution in [0.1, 0.15) is 27.2 Å². The van der Waals surface area contributed by atoms with Gasteiger partial charge in [-0.25, -0.2) is 0 Å². The van der Waals surface area contributed by atoms with E-state index in [0.717, 1.165) is 11.4 Å². The van der Waals surface area contributed by atoms with Crippen molar-refractivity contribution >= 4 is 28.7 Å². The van der Waals surface area contributed by atoms with Gasteiger partial charge in [-0.3, -0.25) is 4.99 Å². The maximum Gasteiger partial charge on any atom is 0.0644 e. The van der Waals surface area contributed by atoms with Crippen LogP contribution in [-0.4, -0.2) is 18.0 Å². The SMILES string of the molecule is CC(C)(C)C(=N)CC(CN)=Nc1cccc(Cl)c1. The molecule has 0 aliphatic heterocycles. The number of hydrogen-bond acceptors (Lipinski definition) is 3. The van der Waals surface area contributed by atoms with Crippen molar-refractivity contribution < 1.29 is 0 Å². The fourth-order valence-corrected chi connectivity index (χ4v) is 1.54. The number of aliphatic imine (C=N–C) groups is 1. The normalized spacial score (nSPS) is 12.6. The summed E-state index contributed by atoms with van der Waals surface area (Å²) in [5.74, 6) is 0. The molecule has 0 fully saturated rings. The fourth-order valence-electron chi connectivity index (χ4n) is 1.35. The number of rotatable bonds is 4. The highest BCUT2D eigenvalue weighted by Gasteiger charge is 2.18. The Morgan fingerprint density at radius 2 is 2.06 bits per heavy atom. The third-order valence-corrected chi connectivity index (χ3v) is 2.85. The first-order valence-corrected chi connectivity index (χ1v) is 6.30. The molecule has 0 saturated heterocycles. The van der Waals surface area contributed by atoms with Gasteiger partial charge in [0.1, 0.15) is 0 Å². The minimum Gasteiger partial charge on any atom is -0.325 e. The number of nitrogens with zero attached hydrogens (tertiary/aromatic N) is 1. The third-order valence-electron chi connectivity index (χ3n) is 2.62. The van der Waals surface area contributed by atoms with E-state index in [2.05, 4.69) is 4.99 Å². The first kappa shape index (κ1) is 14.9. The van der Waals surface area contributed by atoms with Crippen LogP contribution < -0.4 is 5.73 Å². The molecule has 0 atom stereocenters. The molecule has 3 N–H and O–H groups in total. The van der Waals surface area contributed by atoms with E-state index < -0.39 is 0 Å². The molecule has 1 aromatic rings. The summed E-state index contributed by atoms with van der Waals surface area (Å²) in [5.41, 5.74) is 7.76. The van der Waals surface area contributed by atoms with Crippen molar-refractivity contribution in [2.45, 2.75) is 27.2 Å². The van der Waals surface area contributed by atoms with Gasteiger partial charge in [0.15, 0.2) is 0 Å². The van der Waals surface area contributed by atoms with Crippen LogP contribution in [0, 0.1) is 10.8 Å². The van der Waals surface area contributed by atoms with Gasteiger partial charge in [0, 0.05) is 29.4 Å². The van der Waals surface area contributed by atoms with Crippen molar-refractivity contribution in [3.63, 3.8) is 0 Å². The van der Waals surface area contributed by atoms with E-state index >= 15 is 0 Å². The highest BCUT2D eigenvalue weighted by Crippen LogP contribution is 2.21. The maximum atomic E-state index is 8.02. The summed E-state index contributed by atoms with van der Waals surface area (Å²) in [6.07, 6.45) is 0.506. The van der Waals surface area contributed by atoms with Gasteiger partial charge in [-0.15, -0.1) is 0 Å². The predicted octanol–water partition coefficient (Wildman–Crippen LogP) is 3.83. The fraction of sp³-hybridized carbons (Fsp3) is 0.429.